The number of halogens is 1. The number of hydrogen-bond donors (Lipinski definition) is 1. The summed E-state index contributed by atoms with van der Waals surface area (Å²) in [7, 11) is 0. The first kappa shape index (κ1) is 15.2. The second kappa shape index (κ2) is 7.01. The fourth-order valence-corrected chi connectivity index (χ4v) is 1.96. The van der Waals surface area contributed by atoms with Gasteiger partial charge in [-0.25, -0.2) is 15.1 Å². The molecule has 1 amide bonds. The van der Waals surface area contributed by atoms with E-state index in [-0.39, 0.29) is 18.5 Å². The van der Waals surface area contributed by atoms with Crippen LogP contribution in [0.4, 0.5) is 10.8 Å². The first-order valence-electron chi connectivity index (χ1n) is 6.64. The summed E-state index contributed by atoms with van der Waals surface area (Å²) in [5.74, 6) is 0.204. The maximum atomic E-state index is 11.7. The van der Waals surface area contributed by atoms with Crippen LogP contribution in [0.15, 0.2) is 57.6 Å². The molecule has 0 atom stereocenters. The number of aromatic nitrogens is 3. The number of benzene rings is 1. The van der Waals surface area contributed by atoms with E-state index < -0.39 is 6.09 Å². The highest BCUT2D eigenvalue weighted by Crippen LogP contribution is 2.19. The highest BCUT2D eigenvalue weighted by Gasteiger charge is 2.13. The van der Waals surface area contributed by atoms with Crippen molar-refractivity contribution in [2.45, 2.75) is 6.61 Å². The molecule has 0 unspecified atom stereocenters. The lowest BCUT2D eigenvalue weighted by atomic mass is 10.2. The molecule has 3 rings (SSSR count). The van der Waals surface area contributed by atoms with Crippen LogP contribution in [0, 0.1) is 0 Å². The molecule has 0 aliphatic carbocycles. The van der Waals surface area contributed by atoms with Crippen LogP contribution >= 0.6 is 15.9 Å². The Morgan fingerprint density at radius 3 is 2.74 bits per heavy atom. The summed E-state index contributed by atoms with van der Waals surface area (Å²) in [6.07, 6.45) is 0.939. The van der Waals surface area contributed by atoms with E-state index in [9.17, 15) is 4.79 Å². The van der Waals surface area contributed by atoms with Gasteiger partial charge in [0, 0.05) is 10.7 Å². The molecule has 116 valence electrons. The van der Waals surface area contributed by atoms with Crippen molar-refractivity contribution in [2.24, 2.45) is 0 Å². The second-order valence-electron chi connectivity index (χ2n) is 4.46. The molecule has 2 aromatic heterocycles. The van der Waals surface area contributed by atoms with Crippen molar-refractivity contribution in [3.05, 3.63) is 58.7 Å². The number of ether oxygens (including phenoxy) is 1. The number of hydrogen-bond acceptors (Lipinski definition) is 6. The van der Waals surface area contributed by atoms with Gasteiger partial charge in [-0.15, -0.1) is 5.10 Å². The number of rotatable bonds is 4. The number of carbonyl (C=O) groups is 1. The third-order valence-electron chi connectivity index (χ3n) is 2.79. The van der Waals surface area contributed by atoms with E-state index in [2.05, 4.69) is 36.4 Å². The van der Waals surface area contributed by atoms with Crippen molar-refractivity contribution in [3.63, 3.8) is 0 Å². The SMILES string of the molecule is O=C(Nc1nnc(-c2ccc(Br)cn2)o1)OCc1ccccc1. The summed E-state index contributed by atoms with van der Waals surface area (Å²) in [5.41, 5.74) is 1.39. The van der Waals surface area contributed by atoms with Gasteiger partial charge < -0.3 is 9.15 Å². The quantitative estimate of drug-likeness (QED) is 0.749. The van der Waals surface area contributed by atoms with E-state index in [1.807, 2.05) is 30.3 Å². The van der Waals surface area contributed by atoms with E-state index in [1.54, 1.807) is 18.3 Å². The van der Waals surface area contributed by atoms with E-state index in [0.717, 1.165) is 10.0 Å². The smallest absolute Gasteiger partial charge is 0.415 e. The normalized spacial score (nSPS) is 10.3. The van der Waals surface area contributed by atoms with Gasteiger partial charge in [0.05, 0.1) is 0 Å². The zero-order chi connectivity index (χ0) is 16.1. The van der Waals surface area contributed by atoms with Crippen LogP contribution in [0.1, 0.15) is 5.56 Å². The molecule has 8 heteroatoms. The predicted molar refractivity (Wildman–Crippen MR) is 85.5 cm³/mol. The number of amides is 1. The predicted octanol–water partition coefficient (Wildman–Crippen LogP) is 3.64. The van der Waals surface area contributed by atoms with Crippen LogP contribution < -0.4 is 5.32 Å². The minimum Gasteiger partial charge on any atom is -0.444 e. The van der Waals surface area contributed by atoms with Crippen LogP contribution in [-0.4, -0.2) is 21.3 Å². The Balaban J connectivity index is 1.58. The van der Waals surface area contributed by atoms with E-state index in [0.29, 0.717) is 5.69 Å². The third-order valence-corrected chi connectivity index (χ3v) is 3.26. The molecule has 0 bridgehead atoms. The van der Waals surface area contributed by atoms with Gasteiger partial charge in [0.1, 0.15) is 12.3 Å². The van der Waals surface area contributed by atoms with Crippen molar-refractivity contribution < 1.29 is 13.9 Å². The van der Waals surface area contributed by atoms with Crippen molar-refractivity contribution >= 4 is 28.0 Å². The molecule has 7 nitrogen and oxygen atoms in total. The summed E-state index contributed by atoms with van der Waals surface area (Å²) in [5, 5.41) is 9.93. The van der Waals surface area contributed by atoms with E-state index in [1.165, 1.54) is 0 Å². The molecule has 0 spiro atoms. The summed E-state index contributed by atoms with van der Waals surface area (Å²) in [6, 6.07) is 12.8. The molecule has 0 aliphatic rings. The number of pyridine rings is 1. The number of anilines is 1. The monoisotopic (exact) mass is 374 g/mol. The lowest BCUT2D eigenvalue weighted by Gasteiger charge is -2.03. The van der Waals surface area contributed by atoms with Gasteiger partial charge in [0.25, 0.3) is 5.89 Å². The fourth-order valence-electron chi connectivity index (χ4n) is 1.73. The zero-order valence-electron chi connectivity index (χ0n) is 11.8. The molecule has 0 saturated carbocycles. The molecule has 23 heavy (non-hydrogen) atoms. The standard InChI is InChI=1S/C15H11BrN4O3/c16-11-6-7-12(17-8-11)13-19-20-14(23-13)18-15(21)22-9-10-4-2-1-3-5-10/h1-8H,9H2,(H,18,20,21). The average molecular weight is 375 g/mol. The van der Waals surface area contributed by atoms with Gasteiger partial charge in [-0.1, -0.05) is 35.4 Å². The van der Waals surface area contributed by atoms with Crippen molar-refractivity contribution in [1.29, 1.82) is 0 Å². The Kier molecular flexibility index (Phi) is 4.62. The number of nitrogens with zero attached hydrogens (tertiary/aromatic N) is 3. The van der Waals surface area contributed by atoms with E-state index in [4.69, 9.17) is 9.15 Å². The lowest BCUT2D eigenvalue weighted by molar-refractivity contribution is 0.154. The molecule has 0 radical (unpaired) electrons. The summed E-state index contributed by atoms with van der Waals surface area (Å²) in [6.45, 7) is 0.155. The molecule has 2 heterocycles. The van der Waals surface area contributed by atoms with Crippen LogP contribution in [0.25, 0.3) is 11.6 Å². The molecule has 0 fully saturated rings. The van der Waals surface area contributed by atoms with Crippen LogP contribution in [0.2, 0.25) is 0 Å². The molecule has 0 aliphatic heterocycles. The van der Waals surface area contributed by atoms with Crippen molar-refractivity contribution in [2.75, 3.05) is 5.32 Å². The van der Waals surface area contributed by atoms with Gasteiger partial charge in [-0.05, 0) is 33.6 Å². The van der Waals surface area contributed by atoms with Gasteiger partial charge in [0.2, 0.25) is 0 Å². The molecular weight excluding hydrogens is 364 g/mol. The van der Waals surface area contributed by atoms with Crippen LogP contribution in [0.5, 0.6) is 0 Å². The van der Waals surface area contributed by atoms with Gasteiger partial charge in [0.15, 0.2) is 0 Å². The second-order valence-corrected chi connectivity index (χ2v) is 5.38. The maximum absolute atomic E-state index is 11.7. The lowest BCUT2D eigenvalue weighted by Crippen LogP contribution is -2.13. The van der Waals surface area contributed by atoms with Crippen molar-refractivity contribution in [3.8, 4) is 11.6 Å². The molecule has 1 aromatic carbocycles. The highest BCUT2D eigenvalue weighted by molar-refractivity contribution is 9.10. The van der Waals surface area contributed by atoms with E-state index >= 15 is 0 Å². The molecular formula is C15H11BrN4O3. The minimum absolute atomic E-state index is 0.0530. The topological polar surface area (TPSA) is 90.1 Å². The Labute approximate surface area is 139 Å². The largest absolute Gasteiger partial charge is 0.444 e. The fraction of sp³-hybridized carbons (Fsp3) is 0.0667. The Morgan fingerprint density at radius 2 is 2.00 bits per heavy atom. The first-order valence-corrected chi connectivity index (χ1v) is 7.43. The van der Waals surface area contributed by atoms with Crippen molar-refractivity contribution in [1.82, 2.24) is 15.2 Å². The summed E-state index contributed by atoms with van der Waals surface area (Å²) >= 11 is 3.29. The Bertz CT molecular complexity index is 790. The van der Waals surface area contributed by atoms with Gasteiger partial charge in [-0.2, -0.15) is 0 Å². The zero-order valence-corrected chi connectivity index (χ0v) is 13.4. The number of nitrogens with one attached hydrogen (secondary N) is 1. The van der Waals surface area contributed by atoms with Gasteiger partial charge in [-0.3, -0.25) is 0 Å². The molecule has 3 aromatic rings. The Hall–Kier alpha value is -2.74. The average Bonchev–Trinajstić information content (AvgIpc) is 3.03. The van der Waals surface area contributed by atoms with Crippen LogP contribution in [0.3, 0.4) is 0 Å². The summed E-state index contributed by atoms with van der Waals surface area (Å²) in [4.78, 5) is 15.8. The summed E-state index contributed by atoms with van der Waals surface area (Å²) < 4.78 is 11.2. The number of carbonyl (C=O) groups excluding carboxylic acids is 1. The van der Waals surface area contributed by atoms with Gasteiger partial charge >= 0.3 is 12.1 Å². The molecule has 1 N–H and O–H groups in total. The third kappa shape index (κ3) is 4.13. The molecule has 0 saturated heterocycles. The minimum atomic E-state index is -0.673. The highest BCUT2D eigenvalue weighted by atomic mass is 79.9. The maximum Gasteiger partial charge on any atom is 0.415 e. The first-order chi connectivity index (χ1) is 11.2. The van der Waals surface area contributed by atoms with Crippen LogP contribution in [-0.2, 0) is 11.3 Å². The Morgan fingerprint density at radius 1 is 1.17 bits per heavy atom.